The number of methoxy groups -OCH3 is 1. The number of rotatable bonds is 6. The smallest absolute Gasteiger partial charge is 0.260 e. The summed E-state index contributed by atoms with van der Waals surface area (Å²) in [5.41, 5.74) is 6.00. The fourth-order valence-corrected chi connectivity index (χ4v) is 4.87. The quantitative estimate of drug-likeness (QED) is 0.394. The summed E-state index contributed by atoms with van der Waals surface area (Å²) in [6.07, 6.45) is 3.76. The normalized spacial score (nSPS) is 14.5. The van der Waals surface area contributed by atoms with Crippen LogP contribution < -0.4 is 9.64 Å². The van der Waals surface area contributed by atoms with Crippen molar-refractivity contribution in [3.8, 4) is 28.3 Å². The summed E-state index contributed by atoms with van der Waals surface area (Å²) in [6.45, 7) is 7.64. The van der Waals surface area contributed by atoms with Gasteiger partial charge in [-0.05, 0) is 59.9 Å². The molecule has 0 saturated heterocycles. The van der Waals surface area contributed by atoms with Gasteiger partial charge < -0.3 is 14.4 Å². The van der Waals surface area contributed by atoms with Crippen LogP contribution in [0.5, 0.6) is 5.75 Å². The molecule has 37 heavy (non-hydrogen) atoms. The fourth-order valence-electron chi connectivity index (χ4n) is 4.87. The molecule has 6 rings (SSSR count). The van der Waals surface area contributed by atoms with E-state index >= 15 is 0 Å². The molecule has 4 aromatic rings. The number of fused-ring (bicyclic) bond motifs is 1. The topological polar surface area (TPSA) is 97.7 Å². The molecule has 0 atom stereocenters. The highest BCUT2D eigenvalue weighted by Gasteiger charge is 2.33. The SMILES string of the molecule is [C-]#[N+]c1ccc(-c2cc(C3CC3)nc(N3Cc4cc(OC)c(CO)cc4C3=O)c2)c(-c2nncn2C)c1. The summed E-state index contributed by atoms with van der Waals surface area (Å²) < 4.78 is 7.23. The van der Waals surface area contributed by atoms with Gasteiger partial charge in [0.05, 0.1) is 26.8 Å². The first-order valence-corrected chi connectivity index (χ1v) is 12.0. The van der Waals surface area contributed by atoms with Crippen molar-refractivity contribution >= 4 is 17.4 Å². The average molecular weight is 493 g/mol. The fraction of sp³-hybridized carbons (Fsp3) is 0.250. The number of carbonyl (C=O) groups excluding carboxylic acids is 1. The predicted octanol–water partition coefficient (Wildman–Crippen LogP) is 4.63. The third kappa shape index (κ3) is 3.92. The van der Waals surface area contributed by atoms with Gasteiger partial charge >= 0.3 is 0 Å². The highest BCUT2D eigenvalue weighted by atomic mass is 16.5. The largest absolute Gasteiger partial charge is 0.496 e. The number of aromatic nitrogens is 4. The van der Waals surface area contributed by atoms with Crippen LogP contribution in [0, 0.1) is 6.57 Å². The summed E-state index contributed by atoms with van der Waals surface area (Å²) >= 11 is 0. The maximum atomic E-state index is 13.5. The Kier molecular flexibility index (Phi) is 5.46. The molecule has 0 radical (unpaired) electrons. The zero-order chi connectivity index (χ0) is 25.7. The molecule has 1 fully saturated rings. The van der Waals surface area contributed by atoms with E-state index in [4.69, 9.17) is 16.3 Å². The first-order chi connectivity index (χ1) is 18.0. The van der Waals surface area contributed by atoms with Crippen LogP contribution in [-0.4, -0.2) is 37.9 Å². The second kappa shape index (κ2) is 8.84. The molecule has 1 N–H and O–H groups in total. The number of anilines is 1. The van der Waals surface area contributed by atoms with Crippen LogP contribution in [-0.2, 0) is 20.2 Å². The van der Waals surface area contributed by atoms with E-state index < -0.39 is 0 Å². The number of nitrogens with zero attached hydrogens (tertiary/aromatic N) is 6. The van der Waals surface area contributed by atoms with Crippen molar-refractivity contribution in [3.63, 3.8) is 0 Å². The Hall–Kier alpha value is -4.55. The Morgan fingerprint density at radius 3 is 2.65 bits per heavy atom. The minimum Gasteiger partial charge on any atom is -0.496 e. The van der Waals surface area contributed by atoms with Crippen molar-refractivity contribution in [2.45, 2.75) is 31.9 Å². The molecule has 2 aromatic heterocycles. The van der Waals surface area contributed by atoms with Crippen LogP contribution in [0.25, 0.3) is 27.4 Å². The number of aliphatic hydroxyl groups is 1. The van der Waals surface area contributed by atoms with Crippen LogP contribution in [0.15, 0.2) is 48.8 Å². The maximum absolute atomic E-state index is 13.5. The van der Waals surface area contributed by atoms with Crippen molar-refractivity contribution in [1.82, 2.24) is 19.7 Å². The minimum atomic E-state index is -0.214. The van der Waals surface area contributed by atoms with Crippen LogP contribution in [0.2, 0.25) is 0 Å². The zero-order valence-corrected chi connectivity index (χ0v) is 20.5. The minimum absolute atomic E-state index is 0.157. The van der Waals surface area contributed by atoms with E-state index in [9.17, 15) is 9.90 Å². The molecule has 1 amide bonds. The Morgan fingerprint density at radius 2 is 1.97 bits per heavy atom. The first-order valence-electron chi connectivity index (χ1n) is 12.0. The molecule has 9 heteroatoms. The number of carbonyl (C=O) groups is 1. The Morgan fingerprint density at radius 1 is 1.14 bits per heavy atom. The Balaban J connectivity index is 1.48. The van der Waals surface area contributed by atoms with Crippen molar-refractivity contribution < 1.29 is 14.6 Å². The van der Waals surface area contributed by atoms with Crippen LogP contribution in [0.3, 0.4) is 0 Å². The van der Waals surface area contributed by atoms with Gasteiger partial charge in [-0.2, -0.15) is 0 Å². The number of benzene rings is 2. The zero-order valence-electron chi connectivity index (χ0n) is 20.5. The molecule has 1 aliphatic carbocycles. The molecule has 0 spiro atoms. The molecular formula is C28H24N6O3. The molecule has 3 heterocycles. The Labute approximate surface area is 213 Å². The number of aryl methyl sites for hydroxylation is 1. The van der Waals surface area contributed by atoms with Gasteiger partial charge in [0, 0.05) is 35.3 Å². The van der Waals surface area contributed by atoms with Gasteiger partial charge in [0.2, 0.25) is 0 Å². The summed E-state index contributed by atoms with van der Waals surface area (Å²) in [4.78, 5) is 23.7. The van der Waals surface area contributed by atoms with Crippen molar-refractivity contribution in [2.75, 3.05) is 12.0 Å². The van der Waals surface area contributed by atoms with Gasteiger partial charge in [-0.15, -0.1) is 10.2 Å². The van der Waals surface area contributed by atoms with E-state index in [2.05, 4.69) is 21.1 Å². The monoisotopic (exact) mass is 492 g/mol. The molecule has 9 nitrogen and oxygen atoms in total. The lowest BCUT2D eigenvalue weighted by Crippen LogP contribution is -2.24. The second-order valence-corrected chi connectivity index (χ2v) is 9.39. The molecule has 1 aliphatic heterocycles. The van der Waals surface area contributed by atoms with Crippen molar-refractivity contribution in [3.05, 3.63) is 82.6 Å². The van der Waals surface area contributed by atoms with Crippen molar-refractivity contribution in [2.24, 2.45) is 7.05 Å². The number of hydrogen-bond donors (Lipinski definition) is 1. The maximum Gasteiger partial charge on any atom is 0.260 e. The van der Waals surface area contributed by atoms with Gasteiger partial charge in [0.15, 0.2) is 11.5 Å². The standard InChI is InChI=1S/C28H24N6O3/c1-29-20-6-7-21(23(12-20)27-32-30-15-33(27)2)17-9-24(16-4-5-16)31-26(11-17)34-13-18-10-25(37-3)19(14-35)8-22(18)28(34)36/h6-12,15-16,35H,4-5,13-14H2,2-3H3. The van der Waals surface area contributed by atoms with E-state index in [-0.39, 0.29) is 12.5 Å². The van der Waals surface area contributed by atoms with Gasteiger partial charge in [-0.1, -0.05) is 12.1 Å². The highest BCUT2D eigenvalue weighted by Crippen LogP contribution is 2.43. The lowest BCUT2D eigenvalue weighted by Gasteiger charge is -2.18. The summed E-state index contributed by atoms with van der Waals surface area (Å²) in [5.74, 6) is 1.99. The summed E-state index contributed by atoms with van der Waals surface area (Å²) in [7, 11) is 3.42. The van der Waals surface area contributed by atoms with Gasteiger partial charge in [0.1, 0.15) is 17.9 Å². The molecule has 2 aliphatic rings. The Bertz CT molecular complexity index is 1600. The van der Waals surface area contributed by atoms with E-state index in [1.54, 1.807) is 30.5 Å². The average Bonchev–Trinajstić information content (AvgIpc) is 3.62. The molecular weight excluding hydrogens is 468 g/mol. The molecule has 2 aromatic carbocycles. The molecule has 0 unspecified atom stereocenters. The van der Waals surface area contributed by atoms with Crippen LogP contribution >= 0.6 is 0 Å². The number of aliphatic hydroxyl groups excluding tert-OH is 1. The molecule has 184 valence electrons. The van der Waals surface area contributed by atoms with Gasteiger partial charge in [-0.25, -0.2) is 9.83 Å². The van der Waals surface area contributed by atoms with Gasteiger partial charge in [-0.3, -0.25) is 9.69 Å². The highest BCUT2D eigenvalue weighted by molar-refractivity contribution is 6.10. The number of ether oxygens (including phenoxy) is 1. The van der Waals surface area contributed by atoms with E-state index in [0.717, 1.165) is 40.8 Å². The third-order valence-corrected chi connectivity index (χ3v) is 6.98. The lowest BCUT2D eigenvalue weighted by molar-refractivity contribution is 0.0995. The van der Waals surface area contributed by atoms with E-state index in [1.807, 2.05) is 35.9 Å². The van der Waals surface area contributed by atoms with Gasteiger partial charge in [0.25, 0.3) is 5.91 Å². The second-order valence-electron chi connectivity index (χ2n) is 9.39. The van der Waals surface area contributed by atoms with E-state index in [1.165, 1.54) is 0 Å². The number of pyridine rings is 1. The summed E-state index contributed by atoms with van der Waals surface area (Å²) in [6, 6.07) is 13.1. The van der Waals surface area contributed by atoms with Crippen LogP contribution in [0.1, 0.15) is 45.9 Å². The van der Waals surface area contributed by atoms with Crippen molar-refractivity contribution in [1.29, 1.82) is 0 Å². The molecule has 0 bridgehead atoms. The van der Waals surface area contributed by atoms with Crippen LogP contribution in [0.4, 0.5) is 11.5 Å². The lowest BCUT2D eigenvalue weighted by atomic mass is 9.97. The first kappa shape index (κ1) is 22.9. The number of amides is 1. The summed E-state index contributed by atoms with van der Waals surface area (Å²) in [5, 5.41) is 18.0. The number of hydrogen-bond acceptors (Lipinski definition) is 6. The predicted molar refractivity (Wildman–Crippen MR) is 137 cm³/mol. The van der Waals surface area contributed by atoms with E-state index in [0.29, 0.717) is 46.7 Å². The molecule has 1 saturated carbocycles. The third-order valence-electron chi connectivity index (χ3n) is 6.98.